The van der Waals surface area contributed by atoms with Gasteiger partial charge in [-0.2, -0.15) is 0 Å². The van der Waals surface area contributed by atoms with Gasteiger partial charge in [-0.05, 0) is 42.3 Å². The van der Waals surface area contributed by atoms with E-state index in [1.807, 2.05) is 28.5 Å². The number of carbonyl (C=O) groups is 2. The molecule has 6 nitrogen and oxygen atoms in total. The number of piperidine rings is 1. The molecule has 2 aliphatic rings. The molecule has 3 amide bonds. The smallest absolute Gasteiger partial charge is 0.322 e. The Kier molecular flexibility index (Phi) is 7.02. The van der Waals surface area contributed by atoms with Crippen molar-refractivity contribution in [2.45, 2.75) is 19.3 Å². The Morgan fingerprint density at radius 2 is 1.77 bits per heavy atom. The van der Waals surface area contributed by atoms with Gasteiger partial charge in [0.05, 0.1) is 10.9 Å². The maximum absolute atomic E-state index is 13.1. The second kappa shape index (κ2) is 10.1. The van der Waals surface area contributed by atoms with E-state index < -0.39 is 0 Å². The van der Waals surface area contributed by atoms with Gasteiger partial charge in [-0.25, -0.2) is 4.79 Å². The minimum atomic E-state index is -0.0966. The molecule has 1 N–H and O–H groups in total. The SMILES string of the molecule is O=C(Nc1cccs1)N1CCCC(C(=O)N2CCN(CCc3ccccc3)CC2)C1. The second-order valence-corrected chi connectivity index (χ2v) is 9.04. The Labute approximate surface area is 182 Å². The highest BCUT2D eigenvalue weighted by Crippen LogP contribution is 2.22. The van der Waals surface area contributed by atoms with Crippen molar-refractivity contribution in [3.8, 4) is 0 Å². The molecule has 0 saturated carbocycles. The van der Waals surface area contributed by atoms with Crippen LogP contribution in [-0.4, -0.2) is 72.5 Å². The summed E-state index contributed by atoms with van der Waals surface area (Å²) in [5.41, 5.74) is 1.36. The average molecular weight is 427 g/mol. The summed E-state index contributed by atoms with van der Waals surface area (Å²) in [4.78, 5) is 31.8. The van der Waals surface area contributed by atoms with E-state index in [1.54, 1.807) is 4.90 Å². The number of anilines is 1. The zero-order valence-electron chi connectivity index (χ0n) is 17.3. The Hall–Kier alpha value is -2.38. The van der Waals surface area contributed by atoms with Crippen molar-refractivity contribution in [2.75, 3.05) is 51.1 Å². The van der Waals surface area contributed by atoms with E-state index in [1.165, 1.54) is 16.9 Å². The van der Waals surface area contributed by atoms with E-state index in [0.29, 0.717) is 13.1 Å². The lowest BCUT2D eigenvalue weighted by Gasteiger charge is -2.39. The van der Waals surface area contributed by atoms with Crippen LogP contribution in [0.5, 0.6) is 0 Å². The highest BCUT2D eigenvalue weighted by atomic mass is 32.1. The van der Waals surface area contributed by atoms with Crippen LogP contribution in [0.1, 0.15) is 18.4 Å². The van der Waals surface area contributed by atoms with E-state index >= 15 is 0 Å². The summed E-state index contributed by atoms with van der Waals surface area (Å²) in [7, 11) is 0. The van der Waals surface area contributed by atoms with Gasteiger partial charge in [-0.15, -0.1) is 11.3 Å². The van der Waals surface area contributed by atoms with E-state index in [4.69, 9.17) is 0 Å². The molecular weight excluding hydrogens is 396 g/mol. The molecule has 3 heterocycles. The highest BCUT2D eigenvalue weighted by molar-refractivity contribution is 7.14. The summed E-state index contributed by atoms with van der Waals surface area (Å²) in [6.45, 7) is 5.68. The van der Waals surface area contributed by atoms with Gasteiger partial charge < -0.3 is 9.80 Å². The van der Waals surface area contributed by atoms with Crippen molar-refractivity contribution in [3.05, 3.63) is 53.4 Å². The first kappa shape index (κ1) is 20.9. The number of carbonyl (C=O) groups excluding carboxylic acids is 2. The number of urea groups is 1. The minimum Gasteiger partial charge on any atom is -0.340 e. The van der Waals surface area contributed by atoms with Gasteiger partial charge in [0.25, 0.3) is 0 Å². The number of piperazine rings is 1. The van der Waals surface area contributed by atoms with Crippen LogP contribution in [-0.2, 0) is 11.2 Å². The largest absolute Gasteiger partial charge is 0.340 e. The first-order chi connectivity index (χ1) is 14.7. The lowest BCUT2D eigenvalue weighted by atomic mass is 9.96. The van der Waals surface area contributed by atoms with Crippen LogP contribution in [0, 0.1) is 5.92 Å². The fourth-order valence-corrected chi connectivity index (χ4v) is 4.89. The van der Waals surface area contributed by atoms with Crippen LogP contribution in [0.25, 0.3) is 0 Å². The van der Waals surface area contributed by atoms with E-state index in [9.17, 15) is 9.59 Å². The van der Waals surface area contributed by atoms with Crippen molar-refractivity contribution in [2.24, 2.45) is 5.92 Å². The fraction of sp³-hybridized carbons (Fsp3) is 0.478. The molecule has 160 valence electrons. The van der Waals surface area contributed by atoms with Crippen LogP contribution in [0.4, 0.5) is 9.80 Å². The van der Waals surface area contributed by atoms with Crippen LogP contribution < -0.4 is 5.32 Å². The summed E-state index contributed by atoms with van der Waals surface area (Å²) >= 11 is 1.51. The van der Waals surface area contributed by atoms with Gasteiger partial charge in [-0.3, -0.25) is 15.0 Å². The molecule has 2 saturated heterocycles. The first-order valence-corrected chi connectivity index (χ1v) is 11.7. The molecule has 2 aliphatic heterocycles. The number of hydrogen-bond acceptors (Lipinski definition) is 4. The quantitative estimate of drug-likeness (QED) is 0.798. The average Bonchev–Trinajstić information content (AvgIpc) is 3.31. The number of benzene rings is 1. The molecule has 30 heavy (non-hydrogen) atoms. The molecule has 7 heteroatoms. The zero-order valence-corrected chi connectivity index (χ0v) is 18.2. The third kappa shape index (κ3) is 5.40. The molecule has 0 spiro atoms. The number of nitrogens with zero attached hydrogens (tertiary/aromatic N) is 3. The van der Waals surface area contributed by atoms with Crippen LogP contribution in [0.15, 0.2) is 47.8 Å². The molecule has 0 aliphatic carbocycles. The molecule has 2 aromatic rings. The van der Waals surface area contributed by atoms with Gasteiger partial charge in [-0.1, -0.05) is 30.3 Å². The number of hydrogen-bond donors (Lipinski definition) is 1. The molecule has 2 fully saturated rings. The number of likely N-dealkylation sites (tertiary alicyclic amines) is 1. The van der Waals surface area contributed by atoms with Crippen molar-refractivity contribution < 1.29 is 9.59 Å². The molecule has 1 aromatic heterocycles. The molecular formula is C23H30N4O2S. The molecule has 4 rings (SSSR count). The maximum atomic E-state index is 13.1. The summed E-state index contributed by atoms with van der Waals surface area (Å²) in [6.07, 6.45) is 2.80. The summed E-state index contributed by atoms with van der Waals surface area (Å²) in [5.74, 6) is 0.134. The number of rotatable bonds is 5. The molecule has 1 unspecified atom stereocenters. The monoisotopic (exact) mass is 426 g/mol. The van der Waals surface area contributed by atoms with Gasteiger partial charge in [0.15, 0.2) is 0 Å². The van der Waals surface area contributed by atoms with Crippen molar-refractivity contribution in [3.63, 3.8) is 0 Å². The Morgan fingerprint density at radius 1 is 0.967 bits per heavy atom. The van der Waals surface area contributed by atoms with Crippen LogP contribution in [0.2, 0.25) is 0 Å². The summed E-state index contributed by atoms with van der Waals surface area (Å²) in [6, 6.07) is 14.3. The maximum Gasteiger partial charge on any atom is 0.322 e. The third-order valence-electron chi connectivity index (χ3n) is 6.05. The van der Waals surface area contributed by atoms with Crippen LogP contribution in [0.3, 0.4) is 0 Å². The molecule has 0 radical (unpaired) electrons. The second-order valence-electron chi connectivity index (χ2n) is 8.10. The zero-order chi connectivity index (χ0) is 20.8. The molecule has 0 bridgehead atoms. The fourth-order valence-electron chi connectivity index (χ4n) is 4.28. The highest BCUT2D eigenvalue weighted by Gasteiger charge is 2.32. The lowest BCUT2D eigenvalue weighted by molar-refractivity contribution is -0.138. The summed E-state index contributed by atoms with van der Waals surface area (Å²) < 4.78 is 0. The van der Waals surface area contributed by atoms with Crippen molar-refractivity contribution in [1.82, 2.24) is 14.7 Å². The van der Waals surface area contributed by atoms with Crippen molar-refractivity contribution >= 4 is 28.3 Å². The minimum absolute atomic E-state index is 0.0799. The third-order valence-corrected chi connectivity index (χ3v) is 6.84. The normalized spacial score (nSPS) is 20.2. The molecule has 1 atom stereocenters. The van der Waals surface area contributed by atoms with E-state index in [2.05, 4.69) is 34.5 Å². The van der Waals surface area contributed by atoms with Gasteiger partial charge >= 0.3 is 6.03 Å². The lowest BCUT2D eigenvalue weighted by Crippen LogP contribution is -2.53. The summed E-state index contributed by atoms with van der Waals surface area (Å²) in [5, 5.41) is 5.73. The number of amides is 3. The number of nitrogens with one attached hydrogen (secondary N) is 1. The Balaban J connectivity index is 1.23. The van der Waals surface area contributed by atoms with Gasteiger partial charge in [0.1, 0.15) is 0 Å². The number of thiophene rings is 1. The Bertz CT molecular complexity index is 819. The van der Waals surface area contributed by atoms with E-state index in [-0.39, 0.29) is 17.9 Å². The molecule has 1 aromatic carbocycles. The topological polar surface area (TPSA) is 55.9 Å². The van der Waals surface area contributed by atoms with E-state index in [0.717, 1.165) is 57.0 Å². The first-order valence-electron chi connectivity index (χ1n) is 10.8. The van der Waals surface area contributed by atoms with Gasteiger partial charge in [0.2, 0.25) is 5.91 Å². The van der Waals surface area contributed by atoms with Crippen molar-refractivity contribution in [1.29, 1.82) is 0 Å². The van der Waals surface area contributed by atoms with Crippen LogP contribution >= 0.6 is 11.3 Å². The standard InChI is InChI=1S/C23H30N4O2S/c28-22(20-8-4-11-27(18-20)23(29)24-21-9-5-17-30-21)26-15-13-25(14-16-26)12-10-19-6-2-1-3-7-19/h1-3,5-7,9,17,20H,4,8,10-16,18H2,(H,24,29). The predicted molar refractivity (Wildman–Crippen MR) is 121 cm³/mol. The Morgan fingerprint density at radius 3 is 2.50 bits per heavy atom. The predicted octanol–water partition coefficient (Wildman–Crippen LogP) is 3.38. The van der Waals surface area contributed by atoms with Gasteiger partial charge in [0, 0.05) is 45.8 Å².